The fourth-order valence-electron chi connectivity index (χ4n) is 2.08. The van der Waals surface area contributed by atoms with Crippen molar-refractivity contribution in [3.63, 3.8) is 0 Å². The van der Waals surface area contributed by atoms with Gasteiger partial charge in [-0.05, 0) is 35.1 Å². The summed E-state index contributed by atoms with van der Waals surface area (Å²) in [5, 5.41) is 3.05. The topological polar surface area (TPSA) is 24.5 Å². The molecule has 1 saturated heterocycles. The summed E-state index contributed by atoms with van der Waals surface area (Å²) in [5.74, 6) is -1.08. The third-order valence-corrected chi connectivity index (χ3v) is 3.77. The fraction of sp³-hybridized carbons (Fsp3) is 0.538. The number of benzene rings is 1. The molecule has 1 unspecified atom stereocenters. The largest absolute Gasteiger partial charge is 0.374 e. The summed E-state index contributed by atoms with van der Waals surface area (Å²) in [4.78, 5) is 2.18. The summed E-state index contributed by atoms with van der Waals surface area (Å²) >= 11 is 3.06. The lowest BCUT2D eigenvalue weighted by atomic mass is 10.2. The third kappa shape index (κ3) is 3.95. The first kappa shape index (κ1) is 14.8. The quantitative estimate of drug-likeness (QED) is 0.854. The highest BCUT2D eigenvalue weighted by atomic mass is 79.9. The van der Waals surface area contributed by atoms with Crippen molar-refractivity contribution in [3.05, 3.63) is 33.8 Å². The van der Waals surface area contributed by atoms with Gasteiger partial charge in [0.1, 0.15) is 11.6 Å². The van der Waals surface area contributed by atoms with Gasteiger partial charge in [0.15, 0.2) is 0 Å². The molecule has 0 saturated carbocycles. The number of hydrogen-bond donors (Lipinski definition) is 1. The molecular formula is C13H17BrF2N2O. The van der Waals surface area contributed by atoms with E-state index in [4.69, 9.17) is 4.74 Å². The molecule has 0 amide bonds. The van der Waals surface area contributed by atoms with Crippen molar-refractivity contribution in [1.82, 2.24) is 10.2 Å². The summed E-state index contributed by atoms with van der Waals surface area (Å²) in [6, 6.07) is 2.63. The van der Waals surface area contributed by atoms with E-state index in [1.54, 1.807) is 0 Å². The Morgan fingerprint density at radius 1 is 1.47 bits per heavy atom. The predicted molar refractivity (Wildman–Crippen MR) is 73.0 cm³/mol. The van der Waals surface area contributed by atoms with E-state index in [0.717, 1.165) is 13.1 Å². The number of likely N-dealkylation sites (N-methyl/N-ethyl adjacent to an activating group) is 1. The first-order valence-corrected chi connectivity index (χ1v) is 7.00. The molecule has 0 bridgehead atoms. The minimum absolute atomic E-state index is 0.0542. The molecule has 2 rings (SSSR count). The van der Waals surface area contributed by atoms with Gasteiger partial charge in [-0.15, -0.1) is 0 Å². The van der Waals surface area contributed by atoms with Crippen LogP contribution in [0.5, 0.6) is 0 Å². The van der Waals surface area contributed by atoms with Crippen molar-refractivity contribution in [1.29, 1.82) is 0 Å². The molecular weight excluding hydrogens is 318 g/mol. The molecule has 0 radical (unpaired) electrons. The average molecular weight is 335 g/mol. The molecule has 1 aromatic rings. The van der Waals surface area contributed by atoms with Gasteiger partial charge >= 0.3 is 0 Å². The van der Waals surface area contributed by atoms with E-state index < -0.39 is 11.6 Å². The summed E-state index contributed by atoms with van der Waals surface area (Å²) < 4.78 is 33.1. The normalized spacial score (nSPS) is 20.7. The summed E-state index contributed by atoms with van der Waals surface area (Å²) in [7, 11) is 2.03. The molecule has 3 nitrogen and oxygen atoms in total. The number of hydrogen-bond acceptors (Lipinski definition) is 3. The number of rotatable bonds is 4. The van der Waals surface area contributed by atoms with Gasteiger partial charge in [0.05, 0.1) is 17.2 Å². The van der Waals surface area contributed by atoms with Crippen molar-refractivity contribution in [2.24, 2.45) is 0 Å². The number of nitrogens with one attached hydrogen (secondary N) is 1. The second-order valence-electron chi connectivity index (χ2n) is 4.71. The Labute approximate surface area is 120 Å². The monoisotopic (exact) mass is 334 g/mol. The van der Waals surface area contributed by atoms with Crippen LogP contribution in [-0.2, 0) is 11.3 Å². The number of ether oxygens (including phenoxy) is 1. The number of halogens is 3. The molecule has 1 aromatic carbocycles. The van der Waals surface area contributed by atoms with Crippen LogP contribution >= 0.6 is 15.9 Å². The van der Waals surface area contributed by atoms with Gasteiger partial charge < -0.3 is 15.0 Å². The van der Waals surface area contributed by atoms with Crippen LogP contribution in [-0.4, -0.2) is 44.3 Å². The lowest BCUT2D eigenvalue weighted by Crippen LogP contribution is -2.44. The highest BCUT2D eigenvalue weighted by Crippen LogP contribution is 2.21. The Bertz CT molecular complexity index is 445. The Hall–Kier alpha value is -0.560. The summed E-state index contributed by atoms with van der Waals surface area (Å²) in [6.45, 7) is 3.18. The lowest BCUT2D eigenvalue weighted by Gasteiger charge is -2.30. The molecule has 0 spiro atoms. The van der Waals surface area contributed by atoms with Crippen LogP contribution in [0.2, 0.25) is 0 Å². The second-order valence-corrected chi connectivity index (χ2v) is 5.56. The summed E-state index contributed by atoms with van der Waals surface area (Å²) in [5.41, 5.74) is 0.0542. The first-order valence-electron chi connectivity index (χ1n) is 6.21. The maximum absolute atomic E-state index is 13.7. The Morgan fingerprint density at radius 3 is 3.00 bits per heavy atom. The van der Waals surface area contributed by atoms with E-state index >= 15 is 0 Å². The molecule has 1 N–H and O–H groups in total. The average Bonchev–Trinajstić information content (AvgIpc) is 2.38. The molecule has 1 heterocycles. The number of nitrogens with zero attached hydrogens (tertiary/aromatic N) is 1. The van der Waals surface area contributed by atoms with Crippen LogP contribution in [0, 0.1) is 11.6 Å². The maximum atomic E-state index is 13.7. The second kappa shape index (κ2) is 6.74. The van der Waals surface area contributed by atoms with E-state index in [2.05, 4.69) is 26.1 Å². The Balaban J connectivity index is 1.87. The van der Waals surface area contributed by atoms with Crippen molar-refractivity contribution < 1.29 is 13.5 Å². The van der Waals surface area contributed by atoms with Crippen LogP contribution in [0.15, 0.2) is 16.6 Å². The third-order valence-electron chi connectivity index (χ3n) is 3.15. The van der Waals surface area contributed by atoms with Gasteiger partial charge in [0.25, 0.3) is 0 Å². The highest BCUT2D eigenvalue weighted by molar-refractivity contribution is 9.10. The van der Waals surface area contributed by atoms with E-state index in [1.807, 2.05) is 7.05 Å². The van der Waals surface area contributed by atoms with Gasteiger partial charge in [-0.1, -0.05) is 0 Å². The molecule has 106 valence electrons. The molecule has 1 aliphatic rings. The standard InChI is InChI=1S/C13H17BrF2N2O/c1-18-4-5-19-9(8-18)6-17-7-10-12(15)3-2-11(14)13(10)16/h2-3,9,17H,4-8H2,1H3. The Kier molecular flexibility index (Phi) is 5.27. The van der Waals surface area contributed by atoms with E-state index in [9.17, 15) is 8.78 Å². The van der Waals surface area contributed by atoms with Crippen molar-refractivity contribution >= 4 is 15.9 Å². The predicted octanol–water partition coefficient (Wildman–Crippen LogP) is 2.15. The first-order chi connectivity index (χ1) is 9.08. The zero-order chi connectivity index (χ0) is 13.8. The lowest BCUT2D eigenvalue weighted by molar-refractivity contribution is -0.0182. The van der Waals surface area contributed by atoms with Crippen LogP contribution in [0.25, 0.3) is 0 Å². The fourth-order valence-corrected chi connectivity index (χ4v) is 2.45. The van der Waals surface area contributed by atoms with Gasteiger partial charge in [0.2, 0.25) is 0 Å². The van der Waals surface area contributed by atoms with Crippen molar-refractivity contribution in [2.45, 2.75) is 12.6 Å². The highest BCUT2D eigenvalue weighted by Gasteiger charge is 2.18. The van der Waals surface area contributed by atoms with Crippen molar-refractivity contribution in [2.75, 3.05) is 33.3 Å². The molecule has 1 fully saturated rings. The zero-order valence-electron chi connectivity index (χ0n) is 10.8. The maximum Gasteiger partial charge on any atom is 0.144 e. The smallest absolute Gasteiger partial charge is 0.144 e. The van der Waals surface area contributed by atoms with Gasteiger partial charge in [-0.25, -0.2) is 8.78 Å². The van der Waals surface area contributed by atoms with Crippen LogP contribution < -0.4 is 5.32 Å². The van der Waals surface area contributed by atoms with E-state index in [-0.39, 0.29) is 22.7 Å². The van der Waals surface area contributed by atoms with Gasteiger partial charge in [0, 0.05) is 31.7 Å². The van der Waals surface area contributed by atoms with Crippen LogP contribution in [0.1, 0.15) is 5.56 Å². The molecule has 19 heavy (non-hydrogen) atoms. The molecule has 1 atom stereocenters. The minimum Gasteiger partial charge on any atom is -0.374 e. The zero-order valence-corrected chi connectivity index (χ0v) is 12.3. The van der Waals surface area contributed by atoms with Crippen LogP contribution in [0.4, 0.5) is 8.78 Å². The van der Waals surface area contributed by atoms with Crippen LogP contribution in [0.3, 0.4) is 0 Å². The number of morpholine rings is 1. The van der Waals surface area contributed by atoms with E-state index in [1.165, 1.54) is 12.1 Å². The molecule has 1 aliphatic heterocycles. The molecule has 0 aliphatic carbocycles. The molecule has 6 heteroatoms. The van der Waals surface area contributed by atoms with Crippen molar-refractivity contribution in [3.8, 4) is 0 Å². The SMILES string of the molecule is CN1CCOC(CNCc2c(F)ccc(Br)c2F)C1. The van der Waals surface area contributed by atoms with Gasteiger partial charge in [-0.2, -0.15) is 0 Å². The van der Waals surface area contributed by atoms with E-state index in [0.29, 0.717) is 13.2 Å². The molecule has 0 aromatic heterocycles. The van der Waals surface area contributed by atoms with Gasteiger partial charge in [-0.3, -0.25) is 0 Å². The summed E-state index contributed by atoms with van der Waals surface area (Å²) in [6.07, 6.45) is 0.0667. The Morgan fingerprint density at radius 2 is 2.26 bits per heavy atom. The minimum atomic E-state index is -0.547.